The summed E-state index contributed by atoms with van der Waals surface area (Å²) in [6.07, 6.45) is 0.579. The Morgan fingerprint density at radius 3 is 2.78 bits per heavy atom. The van der Waals surface area contributed by atoms with Crippen molar-refractivity contribution in [2.45, 2.75) is 32.9 Å². The molecule has 1 rings (SSSR count). The Hall–Kier alpha value is -0.590. The van der Waals surface area contributed by atoms with Crippen molar-refractivity contribution in [3.05, 3.63) is 20.8 Å². The minimum Gasteiger partial charge on any atom is -0.396 e. The molecule has 1 unspecified atom stereocenters. The highest BCUT2D eigenvalue weighted by Gasteiger charge is 2.15. The number of hydrogen-bond donors (Lipinski definition) is 3. The van der Waals surface area contributed by atoms with Crippen molar-refractivity contribution >= 4 is 33.3 Å². The van der Waals surface area contributed by atoms with Gasteiger partial charge in [0.2, 0.25) is 0 Å². The fourth-order valence-electron chi connectivity index (χ4n) is 1.54. The lowest BCUT2D eigenvalue weighted by Gasteiger charge is -2.21. The van der Waals surface area contributed by atoms with Gasteiger partial charge >= 0.3 is 6.03 Å². The second kappa shape index (κ2) is 7.76. The third-order valence-corrected chi connectivity index (χ3v) is 4.30. The van der Waals surface area contributed by atoms with Gasteiger partial charge in [0.1, 0.15) is 0 Å². The predicted octanol–water partition coefficient (Wildman–Crippen LogP) is 2.72. The molecule has 3 N–H and O–H groups in total. The molecule has 0 spiro atoms. The van der Waals surface area contributed by atoms with Gasteiger partial charge < -0.3 is 15.7 Å². The molecule has 0 aliphatic rings. The number of carbonyl (C=O) groups excluding carboxylic acids is 1. The first kappa shape index (κ1) is 15.5. The van der Waals surface area contributed by atoms with Crippen molar-refractivity contribution < 1.29 is 9.90 Å². The van der Waals surface area contributed by atoms with E-state index in [1.165, 1.54) is 0 Å². The summed E-state index contributed by atoms with van der Waals surface area (Å²) in [5, 5.41) is 16.6. The third kappa shape index (κ3) is 5.37. The molecule has 6 heteroatoms. The van der Waals surface area contributed by atoms with Crippen LogP contribution < -0.4 is 10.6 Å². The SMILES string of the molecule is CC(C)C(CCO)NC(=O)NCc1cc(Br)cs1. The lowest BCUT2D eigenvalue weighted by atomic mass is 10.0. The summed E-state index contributed by atoms with van der Waals surface area (Å²) in [5.74, 6) is 0.304. The molecule has 0 saturated carbocycles. The van der Waals surface area contributed by atoms with Crippen LogP contribution in [0.2, 0.25) is 0 Å². The maximum Gasteiger partial charge on any atom is 0.315 e. The summed E-state index contributed by atoms with van der Waals surface area (Å²) in [7, 11) is 0. The van der Waals surface area contributed by atoms with E-state index in [0.717, 1.165) is 9.35 Å². The first-order chi connectivity index (χ1) is 8.52. The molecule has 0 aromatic carbocycles. The topological polar surface area (TPSA) is 61.4 Å². The maximum absolute atomic E-state index is 11.7. The summed E-state index contributed by atoms with van der Waals surface area (Å²) < 4.78 is 1.03. The third-order valence-electron chi connectivity index (χ3n) is 2.61. The van der Waals surface area contributed by atoms with Gasteiger partial charge in [-0.3, -0.25) is 0 Å². The van der Waals surface area contributed by atoms with E-state index in [9.17, 15) is 4.79 Å². The molecular formula is C12H19BrN2O2S. The number of halogens is 1. The van der Waals surface area contributed by atoms with Gasteiger partial charge in [-0.05, 0) is 34.3 Å². The van der Waals surface area contributed by atoms with Crippen LogP contribution in [0.25, 0.3) is 0 Å². The van der Waals surface area contributed by atoms with Crippen LogP contribution in [0, 0.1) is 5.92 Å². The molecule has 0 radical (unpaired) electrons. The van der Waals surface area contributed by atoms with Crippen LogP contribution in [0.3, 0.4) is 0 Å². The van der Waals surface area contributed by atoms with Gasteiger partial charge in [0, 0.05) is 27.4 Å². The molecule has 4 nitrogen and oxygen atoms in total. The van der Waals surface area contributed by atoms with Gasteiger partial charge in [0.25, 0.3) is 0 Å². The van der Waals surface area contributed by atoms with E-state index < -0.39 is 0 Å². The van der Waals surface area contributed by atoms with Crippen molar-refractivity contribution in [3.63, 3.8) is 0 Å². The summed E-state index contributed by atoms with van der Waals surface area (Å²) in [6, 6.07) is 1.80. The largest absolute Gasteiger partial charge is 0.396 e. The molecule has 0 saturated heterocycles. The minimum absolute atomic E-state index is 0.00470. The van der Waals surface area contributed by atoms with Crippen molar-refractivity contribution in [3.8, 4) is 0 Å². The predicted molar refractivity (Wildman–Crippen MR) is 77.7 cm³/mol. The maximum atomic E-state index is 11.7. The number of aliphatic hydroxyl groups excluding tert-OH is 1. The van der Waals surface area contributed by atoms with Crippen molar-refractivity contribution in [1.82, 2.24) is 10.6 Å². The Labute approximate surface area is 120 Å². The highest BCUT2D eigenvalue weighted by atomic mass is 79.9. The van der Waals surface area contributed by atoms with Crippen LogP contribution in [0.4, 0.5) is 4.79 Å². The summed E-state index contributed by atoms with van der Waals surface area (Å²) in [5.41, 5.74) is 0. The number of nitrogens with one attached hydrogen (secondary N) is 2. The van der Waals surface area contributed by atoms with Gasteiger partial charge in [0.15, 0.2) is 0 Å². The monoisotopic (exact) mass is 334 g/mol. The lowest BCUT2D eigenvalue weighted by molar-refractivity contribution is 0.219. The quantitative estimate of drug-likeness (QED) is 0.749. The van der Waals surface area contributed by atoms with Crippen molar-refractivity contribution in [2.75, 3.05) is 6.61 Å². The average molecular weight is 335 g/mol. The van der Waals surface area contributed by atoms with Crippen LogP contribution in [0.1, 0.15) is 25.1 Å². The van der Waals surface area contributed by atoms with Gasteiger partial charge in [-0.15, -0.1) is 11.3 Å². The molecule has 0 bridgehead atoms. The Balaban J connectivity index is 2.36. The zero-order valence-corrected chi connectivity index (χ0v) is 13.0. The number of urea groups is 1. The fourth-order valence-corrected chi connectivity index (χ4v) is 2.94. The first-order valence-electron chi connectivity index (χ1n) is 5.91. The number of aliphatic hydroxyl groups is 1. The molecule has 0 aliphatic carbocycles. The molecule has 0 aliphatic heterocycles. The molecule has 1 aromatic heterocycles. The van der Waals surface area contributed by atoms with E-state index in [1.807, 2.05) is 25.3 Å². The van der Waals surface area contributed by atoms with E-state index in [-0.39, 0.29) is 18.7 Å². The highest BCUT2D eigenvalue weighted by Crippen LogP contribution is 2.19. The Morgan fingerprint density at radius 2 is 2.28 bits per heavy atom. The zero-order chi connectivity index (χ0) is 13.5. The Morgan fingerprint density at radius 1 is 1.56 bits per heavy atom. The number of amides is 2. The number of rotatable bonds is 6. The zero-order valence-electron chi connectivity index (χ0n) is 10.6. The van der Waals surface area contributed by atoms with E-state index in [0.29, 0.717) is 18.9 Å². The molecular weight excluding hydrogens is 316 g/mol. The molecule has 1 heterocycles. The normalized spacial score (nSPS) is 12.5. The summed E-state index contributed by atoms with van der Waals surface area (Å²) in [6.45, 7) is 4.65. The smallest absolute Gasteiger partial charge is 0.315 e. The van der Waals surface area contributed by atoms with Crippen molar-refractivity contribution in [2.24, 2.45) is 5.92 Å². The van der Waals surface area contributed by atoms with E-state index >= 15 is 0 Å². The van der Waals surface area contributed by atoms with Crippen LogP contribution in [-0.4, -0.2) is 23.8 Å². The van der Waals surface area contributed by atoms with Gasteiger partial charge in [-0.25, -0.2) is 4.79 Å². The molecule has 1 atom stereocenters. The van der Waals surface area contributed by atoms with E-state index in [2.05, 4.69) is 26.6 Å². The number of thiophene rings is 1. The average Bonchev–Trinajstić information content (AvgIpc) is 2.72. The second-order valence-corrected chi connectivity index (χ2v) is 6.33. The molecule has 18 heavy (non-hydrogen) atoms. The van der Waals surface area contributed by atoms with Crippen LogP contribution in [0.15, 0.2) is 15.9 Å². The lowest BCUT2D eigenvalue weighted by Crippen LogP contribution is -2.44. The fraction of sp³-hybridized carbons (Fsp3) is 0.583. The van der Waals surface area contributed by atoms with Crippen molar-refractivity contribution in [1.29, 1.82) is 0 Å². The molecule has 0 fully saturated rings. The Bertz CT molecular complexity index is 382. The molecule has 102 valence electrons. The summed E-state index contributed by atoms with van der Waals surface area (Å²) >= 11 is 4.97. The Kier molecular flexibility index (Phi) is 6.67. The minimum atomic E-state index is -0.188. The van der Waals surface area contributed by atoms with E-state index in [4.69, 9.17) is 5.11 Å². The number of carbonyl (C=O) groups is 1. The van der Waals surface area contributed by atoms with Crippen LogP contribution in [-0.2, 0) is 6.54 Å². The van der Waals surface area contributed by atoms with Gasteiger partial charge in [-0.1, -0.05) is 13.8 Å². The molecule has 2 amide bonds. The van der Waals surface area contributed by atoms with Gasteiger partial charge in [-0.2, -0.15) is 0 Å². The second-order valence-electron chi connectivity index (χ2n) is 4.42. The number of hydrogen-bond acceptors (Lipinski definition) is 3. The first-order valence-corrected chi connectivity index (χ1v) is 7.58. The van der Waals surface area contributed by atoms with Gasteiger partial charge in [0.05, 0.1) is 6.54 Å². The highest BCUT2D eigenvalue weighted by molar-refractivity contribution is 9.10. The van der Waals surface area contributed by atoms with Crippen LogP contribution in [0.5, 0.6) is 0 Å². The summed E-state index contributed by atoms with van der Waals surface area (Å²) in [4.78, 5) is 12.8. The standard InChI is InChI=1S/C12H19BrN2O2S/c1-8(2)11(3-4-16)15-12(17)14-6-10-5-9(13)7-18-10/h5,7-8,11,16H,3-4,6H2,1-2H3,(H2,14,15,17). The van der Waals surface area contributed by atoms with E-state index in [1.54, 1.807) is 11.3 Å². The van der Waals surface area contributed by atoms with Crippen LogP contribution >= 0.6 is 27.3 Å². The molecule has 1 aromatic rings.